The summed E-state index contributed by atoms with van der Waals surface area (Å²) in [6, 6.07) is 22.3. The maximum atomic E-state index is 12.7. The van der Waals surface area contributed by atoms with Crippen LogP contribution in [0.25, 0.3) is 0 Å². The van der Waals surface area contributed by atoms with Gasteiger partial charge in [0.05, 0.1) is 11.4 Å². The summed E-state index contributed by atoms with van der Waals surface area (Å²) in [5.41, 5.74) is 2.53. The van der Waals surface area contributed by atoms with Gasteiger partial charge in [-0.1, -0.05) is 36.4 Å². The van der Waals surface area contributed by atoms with Gasteiger partial charge in [-0.3, -0.25) is 9.59 Å². The fourth-order valence-electron chi connectivity index (χ4n) is 3.48. The summed E-state index contributed by atoms with van der Waals surface area (Å²) in [6.07, 6.45) is 0. The van der Waals surface area contributed by atoms with Gasteiger partial charge in [-0.15, -0.1) is 0 Å². The molecule has 2 amide bonds. The summed E-state index contributed by atoms with van der Waals surface area (Å²) in [5.74, 6) is -0.438. The van der Waals surface area contributed by atoms with Crippen LogP contribution < -0.4 is 20.3 Å². The molecular formula is C24H24N4O4S. The largest absolute Gasteiger partial charge is 0.360 e. The van der Waals surface area contributed by atoms with E-state index in [1.165, 1.54) is 18.2 Å². The lowest BCUT2D eigenvalue weighted by molar-refractivity contribution is -0.120. The zero-order chi connectivity index (χ0) is 23.3. The van der Waals surface area contributed by atoms with E-state index >= 15 is 0 Å². The van der Waals surface area contributed by atoms with Crippen molar-refractivity contribution >= 4 is 33.2 Å². The van der Waals surface area contributed by atoms with E-state index in [1.54, 1.807) is 18.2 Å². The average molecular weight is 465 g/mol. The normalized spacial score (nSPS) is 13.9. The molecule has 0 saturated carbocycles. The third kappa shape index (κ3) is 5.76. The standard InChI is InChI=1S/C24H24N4O4S/c29-23-17-28(14-13-25-23)21-11-9-20(10-12-21)27-24(30)19-7-4-8-22(15-19)33(31,32)26-16-18-5-2-1-3-6-18/h1-12,15,26H,13-14,16-17H2,(H,25,29)(H,27,30). The second-order valence-electron chi connectivity index (χ2n) is 7.61. The lowest BCUT2D eigenvalue weighted by Crippen LogP contribution is -2.47. The molecular weight excluding hydrogens is 440 g/mol. The lowest BCUT2D eigenvalue weighted by Gasteiger charge is -2.28. The number of hydrogen-bond acceptors (Lipinski definition) is 5. The van der Waals surface area contributed by atoms with Crippen LogP contribution in [0, 0.1) is 0 Å². The first-order chi connectivity index (χ1) is 15.9. The van der Waals surface area contributed by atoms with Crippen molar-refractivity contribution in [2.24, 2.45) is 0 Å². The van der Waals surface area contributed by atoms with Gasteiger partial charge in [0.2, 0.25) is 15.9 Å². The van der Waals surface area contributed by atoms with Gasteiger partial charge < -0.3 is 15.5 Å². The third-order valence-electron chi connectivity index (χ3n) is 5.24. The minimum absolute atomic E-state index is 0.0183. The Morgan fingerprint density at radius 2 is 1.73 bits per heavy atom. The van der Waals surface area contributed by atoms with Gasteiger partial charge in [-0.05, 0) is 48.0 Å². The van der Waals surface area contributed by atoms with Crippen molar-refractivity contribution in [3.8, 4) is 0 Å². The van der Waals surface area contributed by atoms with Crippen LogP contribution in [0.3, 0.4) is 0 Å². The van der Waals surface area contributed by atoms with Crippen LogP contribution in [0.4, 0.5) is 11.4 Å². The molecule has 170 valence electrons. The molecule has 0 spiro atoms. The number of sulfonamides is 1. The molecule has 0 atom stereocenters. The van der Waals surface area contributed by atoms with Crippen molar-refractivity contribution in [3.63, 3.8) is 0 Å². The van der Waals surface area contributed by atoms with E-state index in [0.29, 0.717) is 18.8 Å². The number of rotatable bonds is 7. The van der Waals surface area contributed by atoms with Gasteiger partial charge in [-0.25, -0.2) is 13.1 Å². The predicted octanol–water partition coefficient (Wildman–Crippen LogP) is 2.35. The van der Waals surface area contributed by atoms with E-state index in [4.69, 9.17) is 0 Å². The van der Waals surface area contributed by atoms with Crippen LogP contribution >= 0.6 is 0 Å². The smallest absolute Gasteiger partial charge is 0.255 e. The molecule has 1 fully saturated rings. The predicted molar refractivity (Wildman–Crippen MR) is 127 cm³/mol. The summed E-state index contributed by atoms with van der Waals surface area (Å²) in [7, 11) is -3.78. The molecule has 9 heteroatoms. The van der Waals surface area contributed by atoms with Crippen LogP contribution in [0.2, 0.25) is 0 Å². The lowest BCUT2D eigenvalue weighted by atomic mass is 10.2. The quantitative estimate of drug-likeness (QED) is 0.498. The maximum absolute atomic E-state index is 12.7. The first kappa shape index (κ1) is 22.5. The molecule has 0 bridgehead atoms. The molecule has 3 aromatic carbocycles. The second-order valence-corrected chi connectivity index (χ2v) is 9.38. The highest BCUT2D eigenvalue weighted by Crippen LogP contribution is 2.20. The van der Waals surface area contributed by atoms with Crippen molar-refractivity contribution in [1.29, 1.82) is 0 Å². The number of anilines is 2. The number of nitrogens with one attached hydrogen (secondary N) is 3. The molecule has 4 rings (SSSR count). The van der Waals surface area contributed by atoms with E-state index < -0.39 is 15.9 Å². The van der Waals surface area contributed by atoms with Crippen molar-refractivity contribution < 1.29 is 18.0 Å². The van der Waals surface area contributed by atoms with Crippen molar-refractivity contribution in [2.45, 2.75) is 11.4 Å². The Bertz CT molecular complexity index is 1240. The topological polar surface area (TPSA) is 108 Å². The molecule has 0 aliphatic carbocycles. The van der Waals surface area contributed by atoms with Gasteiger partial charge in [-0.2, -0.15) is 0 Å². The van der Waals surface area contributed by atoms with Crippen LogP contribution in [-0.4, -0.2) is 39.9 Å². The summed E-state index contributed by atoms with van der Waals surface area (Å²) >= 11 is 0. The average Bonchev–Trinajstić information content (AvgIpc) is 2.84. The number of hydrogen-bond donors (Lipinski definition) is 3. The third-order valence-corrected chi connectivity index (χ3v) is 6.64. The molecule has 8 nitrogen and oxygen atoms in total. The van der Waals surface area contributed by atoms with Crippen LogP contribution in [0.5, 0.6) is 0 Å². The first-order valence-corrected chi connectivity index (χ1v) is 12.0. The SMILES string of the molecule is O=C1CN(c2ccc(NC(=O)c3cccc(S(=O)(=O)NCc4ccccc4)c3)cc2)CCN1. The monoisotopic (exact) mass is 464 g/mol. The highest BCUT2D eigenvalue weighted by atomic mass is 32.2. The van der Waals surface area contributed by atoms with Crippen molar-refractivity contribution in [3.05, 3.63) is 90.0 Å². The van der Waals surface area contributed by atoms with Crippen molar-refractivity contribution in [1.82, 2.24) is 10.0 Å². The number of carbonyl (C=O) groups excluding carboxylic acids is 2. The van der Waals surface area contributed by atoms with Crippen molar-refractivity contribution in [2.75, 3.05) is 29.9 Å². The Kier molecular flexibility index (Phi) is 6.71. The Morgan fingerprint density at radius 1 is 0.970 bits per heavy atom. The molecule has 0 aromatic heterocycles. The van der Waals surface area contributed by atoms with Gasteiger partial charge in [0.1, 0.15) is 0 Å². The molecule has 1 heterocycles. The summed E-state index contributed by atoms with van der Waals surface area (Å²) in [6.45, 7) is 1.77. The van der Waals surface area contributed by atoms with Gasteiger partial charge in [0.25, 0.3) is 5.91 Å². The summed E-state index contributed by atoms with van der Waals surface area (Å²) in [4.78, 5) is 26.3. The van der Waals surface area contributed by atoms with E-state index in [0.717, 1.165) is 17.8 Å². The number of piperazine rings is 1. The number of benzene rings is 3. The Labute approximate surface area is 192 Å². The highest BCUT2D eigenvalue weighted by molar-refractivity contribution is 7.89. The minimum Gasteiger partial charge on any atom is -0.360 e. The fourth-order valence-corrected chi connectivity index (χ4v) is 4.54. The minimum atomic E-state index is -3.78. The fraction of sp³-hybridized carbons (Fsp3) is 0.167. The van der Waals surface area contributed by atoms with Gasteiger partial charge in [0.15, 0.2) is 0 Å². The second kappa shape index (κ2) is 9.85. The molecule has 3 aromatic rings. The van der Waals surface area contributed by atoms with E-state index in [-0.39, 0.29) is 22.9 Å². The molecule has 33 heavy (non-hydrogen) atoms. The molecule has 1 saturated heterocycles. The van der Waals surface area contributed by atoms with Gasteiger partial charge in [0, 0.05) is 36.6 Å². The maximum Gasteiger partial charge on any atom is 0.255 e. The van der Waals surface area contributed by atoms with Crippen LogP contribution in [0.1, 0.15) is 15.9 Å². The van der Waals surface area contributed by atoms with Gasteiger partial charge >= 0.3 is 0 Å². The zero-order valence-electron chi connectivity index (χ0n) is 17.8. The first-order valence-electron chi connectivity index (χ1n) is 10.5. The van der Waals surface area contributed by atoms with E-state index in [1.807, 2.05) is 47.4 Å². The number of carbonyl (C=O) groups is 2. The molecule has 1 aliphatic heterocycles. The molecule has 0 radical (unpaired) electrons. The molecule has 1 aliphatic rings. The number of amides is 2. The molecule has 3 N–H and O–H groups in total. The van der Waals surface area contributed by atoms with Crippen LogP contribution in [-0.2, 0) is 21.4 Å². The Morgan fingerprint density at radius 3 is 2.45 bits per heavy atom. The number of nitrogens with zero attached hydrogens (tertiary/aromatic N) is 1. The van der Waals surface area contributed by atoms with Crippen LogP contribution in [0.15, 0.2) is 83.8 Å². The summed E-state index contributed by atoms with van der Waals surface area (Å²) < 4.78 is 27.9. The Hall–Kier alpha value is -3.69. The Balaban J connectivity index is 1.41. The summed E-state index contributed by atoms with van der Waals surface area (Å²) in [5, 5.41) is 5.57. The zero-order valence-corrected chi connectivity index (χ0v) is 18.6. The van der Waals surface area contributed by atoms with E-state index in [9.17, 15) is 18.0 Å². The van der Waals surface area contributed by atoms with E-state index in [2.05, 4.69) is 15.4 Å². The molecule has 0 unspecified atom stereocenters. The highest BCUT2D eigenvalue weighted by Gasteiger charge is 2.18.